The van der Waals surface area contributed by atoms with Crippen molar-refractivity contribution in [3.8, 4) is 28.6 Å². The summed E-state index contributed by atoms with van der Waals surface area (Å²) in [6.07, 6.45) is -0.964. The van der Waals surface area contributed by atoms with Gasteiger partial charge in [0.25, 0.3) is 5.91 Å². The van der Waals surface area contributed by atoms with Crippen molar-refractivity contribution in [1.29, 1.82) is 0 Å². The SMILES string of the molecule is Cc1c(-c2ccccc2)oc2c(C(=O)NCC(O)COc3ccc4c(c3)OCO4)cccc2c1=O. The summed E-state index contributed by atoms with van der Waals surface area (Å²) >= 11 is 0. The van der Waals surface area contributed by atoms with Gasteiger partial charge < -0.3 is 29.1 Å². The first-order valence-corrected chi connectivity index (χ1v) is 11.1. The Morgan fingerprint density at radius 1 is 1.06 bits per heavy atom. The summed E-state index contributed by atoms with van der Waals surface area (Å²) < 4.78 is 22.3. The van der Waals surface area contributed by atoms with E-state index in [1.807, 2.05) is 30.3 Å². The maximum absolute atomic E-state index is 13.0. The van der Waals surface area contributed by atoms with E-state index in [0.29, 0.717) is 34.0 Å². The zero-order valence-corrected chi connectivity index (χ0v) is 18.9. The number of fused-ring (bicyclic) bond motifs is 2. The minimum absolute atomic E-state index is 0.0398. The minimum Gasteiger partial charge on any atom is -0.491 e. The Morgan fingerprint density at radius 3 is 2.69 bits per heavy atom. The van der Waals surface area contributed by atoms with E-state index >= 15 is 0 Å². The van der Waals surface area contributed by atoms with Crippen LogP contribution in [-0.2, 0) is 0 Å². The zero-order valence-electron chi connectivity index (χ0n) is 18.9. The van der Waals surface area contributed by atoms with Crippen LogP contribution >= 0.6 is 0 Å². The van der Waals surface area contributed by atoms with Crippen LogP contribution in [0.3, 0.4) is 0 Å². The fraction of sp³-hybridized carbons (Fsp3) is 0.185. The molecule has 0 fully saturated rings. The number of benzene rings is 3. The van der Waals surface area contributed by atoms with Gasteiger partial charge in [0.1, 0.15) is 24.2 Å². The topological polar surface area (TPSA) is 107 Å². The molecule has 2 N–H and O–H groups in total. The molecule has 3 aromatic carbocycles. The van der Waals surface area contributed by atoms with Gasteiger partial charge in [0, 0.05) is 23.7 Å². The Balaban J connectivity index is 1.30. The lowest BCUT2D eigenvalue weighted by atomic mass is 10.0. The van der Waals surface area contributed by atoms with E-state index < -0.39 is 12.0 Å². The van der Waals surface area contributed by atoms with Crippen molar-refractivity contribution < 1.29 is 28.5 Å². The molecule has 0 bridgehead atoms. The van der Waals surface area contributed by atoms with E-state index in [1.54, 1.807) is 43.3 Å². The molecule has 4 aromatic rings. The van der Waals surface area contributed by atoms with Crippen LogP contribution in [0.15, 0.2) is 75.9 Å². The molecule has 1 aromatic heterocycles. The molecule has 0 saturated carbocycles. The second kappa shape index (κ2) is 9.52. The quantitative estimate of drug-likeness (QED) is 0.422. The lowest BCUT2D eigenvalue weighted by Crippen LogP contribution is -2.35. The molecule has 1 atom stereocenters. The molecule has 0 radical (unpaired) electrons. The molecule has 1 amide bonds. The summed E-state index contributed by atoms with van der Waals surface area (Å²) in [6.45, 7) is 1.77. The number of rotatable bonds is 7. The van der Waals surface area contributed by atoms with E-state index in [4.69, 9.17) is 18.6 Å². The number of aliphatic hydroxyl groups excluding tert-OH is 1. The first-order chi connectivity index (χ1) is 17.0. The molecule has 2 heterocycles. The smallest absolute Gasteiger partial charge is 0.255 e. The molecule has 178 valence electrons. The predicted molar refractivity (Wildman–Crippen MR) is 129 cm³/mol. The number of nitrogens with one attached hydrogen (secondary N) is 1. The van der Waals surface area contributed by atoms with Gasteiger partial charge in [-0.15, -0.1) is 0 Å². The van der Waals surface area contributed by atoms with Crippen LogP contribution in [0.2, 0.25) is 0 Å². The highest BCUT2D eigenvalue weighted by atomic mass is 16.7. The zero-order chi connectivity index (χ0) is 24.4. The van der Waals surface area contributed by atoms with Crippen LogP contribution < -0.4 is 25.0 Å². The molecule has 8 nitrogen and oxygen atoms in total. The summed E-state index contributed by atoms with van der Waals surface area (Å²) in [5.41, 5.74) is 1.43. The third-order valence-corrected chi connectivity index (χ3v) is 5.71. The lowest BCUT2D eigenvalue weighted by Gasteiger charge is -2.14. The van der Waals surface area contributed by atoms with E-state index in [0.717, 1.165) is 5.56 Å². The van der Waals surface area contributed by atoms with E-state index in [9.17, 15) is 14.7 Å². The number of hydrogen-bond acceptors (Lipinski definition) is 7. The summed E-state index contributed by atoms with van der Waals surface area (Å²) in [7, 11) is 0. The van der Waals surface area contributed by atoms with Crippen molar-refractivity contribution in [2.75, 3.05) is 19.9 Å². The number of amides is 1. The van der Waals surface area contributed by atoms with Gasteiger partial charge in [0.2, 0.25) is 6.79 Å². The van der Waals surface area contributed by atoms with Crippen LogP contribution in [-0.4, -0.2) is 37.1 Å². The first kappa shape index (κ1) is 22.5. The number of hydrogen-bond donors (Lipinski definition) is 2. The molecule has 0 saturated heterocycles. The van der Waals surface area contributed by atoms with Gasteiger partial charge in [-0.25, -0.2) is 0 Å². The Kier molecular flexibility index (Phi) is 6.12. The van der Waals surface area contributed by atoms with E-state index in [2.05, 4.69) is 5.32 Å². The summed E-state index contributed by atoms with van der Waals surface area (Å²) in [5.74, 6) is 1.67. The van der Waals surface area contributed by atoms with Crippen LogP contribution in [0.1, 0.15) is 15.9 Å². The largest absolute Gasteiger partial charge is 0.491 e. The maximum Gasteiger partial charge on any atom is 0.255 e. The lowest BCUT2D eigenvalue weighted by molar-refractivity contribution is 0.0844. The monoisotopic (exact) mass is 473 g/mol. The van der Waals surface area contributed by atoms with Gasteiger partial charge in [-0.1, -0.05) is 36.4 Å². The Bertz CT molecular complexity index is 1450. The van der Waals surface area contributed by atoms with Gasteiger partial charge in [0.05, 0.1) is 10.9 Å². The highest BCUT2D eigenvalue weighted by Gasteiger charge is 2.19. The third kappa shape index (κ3) is 4.56. The number of ether oxygens (including phenoxy) is 3. The second-order valence-corrected chi connectivity index (χ2v) is 8.12. The van der Waals surface area contributed by atoms with Crippen LogP contribution in [0.5, 0.6) is 17.2 Å². The molecular formula is C27H23NO7. The predicted octanol–water partition coefficient (Wildman–Crippen LogP) is 3.67. The highest BCUT2D eigenvalue weighted by molar-refractivity contribution is 6.05. The number of aliphatic hydroxyl groups is 1. The normalized spacial score (nSPS) is 13.0. The molecule has 0 aliphatic carbocycles. The molecular weight excluding hydrogens is 450 g/mol. The van der Waals surface area contributed by atoms with Gasteiger partial charge in [-0.2, -0.15) is 0 Å². The highest BCUT2D eigenvalue weighted by Crippen LogP contribution is 2.35. The second-order valence-electron chi connectivity index (χ2n) is 8.12. The van der Waals surface area contributed by atoms with Crippen molar-refractivity contribution in [2.45, 2.75) is 13.0 Å². The molecule has 0 spiro atoms. The van der Waals surface area contributed by atoms with Crippen LogP contribution in [0, 0.1) is 6.92 Å². The van der Waals surface area contributed by atoms with Gasteiger partial charge in [-0.3, -0.25) is 9.59 Å². The number of para-hydroxylation sites is 1. The molecule has 1 aliphatic heterocycles. The van der Waals surface area contributed by atoms with E-state index in [-0.39, 0.29) is 36.5 Å². The van der Waals surface area contributed by atoms with Gasteiger partial charge in [-0.05, 0) is 31.2 Å². The average Bonchev–Trinajstić information content (AvgIpc) is 3.36. The fourth-order valence-corrected chi connectivity index (χ4v) is 3.88. The molecule has 5 rings (SSSR count). The van der Waals surface area contributed by atoms with Crippen molar-refractivity contribution in [3.63, 3.8) is 0 Å². The summed E-state index contributed by atoms with van der Waals surface area (Å²) in [6, 6.07) is 19.2. The van der Waals surface area contributed by atoms with Crippen molar-refractivity contribution in [2.24, 2.45) is 0 Å². The first-order valence-electron chi connectivity index (χ1n) is 11.1. The molecule has 1 unspecified atom stereocenters. The third-order valence-electron chi connectivity index (χ3n) is 5.71. The summed E-state index contributed by atoms with van der Waals surface area (Å²) in [4.78, 5) is 25.9. The fourth-order valence-electron chi connectivity index (χ4n) is 3.88. The van der Waals surface area contributed by atoms with Gasteiger partial charge in [0.15, 0.2) is 22.5 Å². The standard InChI is InChI=1S/C27H23NO7/c1-16-24(30)20-8-5-9-21(26(20)35-25(16)17-6-3-2-4-7-17)27(31)28-13-18(29)14-32-19-10-11-22-23(12-19)34-15-33-22/h2-12,18,29H,13-15H2,1H3,(H,28,31). The Morgan fingerprint density at radius 2 is 1.86 bits per heavy atom. The minimum atomic E-state index is -0.964. The van der Waals surface area contributed by atoms with Crippen molar-refractivity contribution in [3.05, 3.63) is 88.1 Å². The molecule has 1 aliphatic rings. The number of carbonyl (C=O) groups excluding carboxylic acids is 1. The van der Waals surface area contributed by atoms with E-state index in [1.165, 1.54) is 0 Å². The van der Waals surface area contributed by atoms with Crippen LogP contribution in [0.4, 0.5) is 0 Å². The Labute approximate surface area is 200 Å². The maximum atomic E-state index is 13.0. The Hall–Kier alpha value is -4.30. The number of carbonyl (C=O) groups is 1. The average molecular weight is 473 g/mol. The molecule has 8 heteroatoms. The van der Waals surface area contributed by atoms with Crippen molar-refractivity contribution >= 4 is 16.9 Å². The summed E-state index contributed by atoms with van der Waals surface area (Å²) in [5, 5.41) is 13.3. The molecule has 35 heavy (non-hydrogen) atoms. The van der Waals surface area contributed by atoms with Crippen LogP contribution in [0.25, 0.3) is 22.3 Å². The van der Waals surface area contributed by atoms with Crippen molar-refractivity contribution in [1.82, 2.24) is 5.32 Å². The van der Waals surface area contributed by atoms with Gasteiger partial charge >= 0.3 is 0 Å².